The van der Waals surface area contributed by atoms with Crippen molar-refractivity contribution >= 4 is 28.6 Å². The number of rotatable bonds is 4. The lowest BCUT2D eigenvalue weighted by Gasteiger charge is -2.06. The average molecular weight is 366 g/mol. The van der Waals surface area contributed by atoms with Crippen molar-refractivity contribution in [2.75, 3.05) is 5.32 Å². The van der Waals surface area contributed by atoms with Gasteiger partial charge in [-0.3, -0.25) is 4.79 Å². The quantitative estimate of drug-likeness (QED) is 0.768. The first-order chi connectivity index (χ1) is 12.6. The molecule has 0 saturated heterocycles. The number of nitrogens with one attached hydrogen (secondary N) is 1. The molecule has 3 aromatic rings. The number of benzene rings is 2. The Morgan fingerprint density at radius 3 is 2.69 bits per heavy atom. The normalized spacial score (nSPS) is 11.2. The van der Waals surface area contributed by atoms with E-state index in [1.54, 1.807) is 54.1 Å². The van der Waals surface area contributed by atoms with E-state index in [9.17, 15) is 9.18 Å². The van der Waals surface area contributed by atoms with E-state index in [0.29, 0.717) is 16.1 Å². The summed E-state index contributed by atoms with van der Waals surface area (Å²) in [5.74, 6) is -0.568. The molecule has 0 unspecified atom stereocenters. The molecule has 7 heteroatoms. The van der Waals surface area contributed by atoms with Gasteiger partial charge >= 0.3 is 0 Å². The van der Waals surface area contributed by atoms with Gasteiger partial charge in [-0.2, -0.15) is 5.26 Å². The van der Waals surface area contributed by atoms with E-state index >= 15 is 0 Å². The Labute approximate surface area is 153 Å². The van der Waals surface area contributed by atoms with Crippen molar-refractivity contribution < 1.29 is 9.18 Å². The van der Waals surface area contributed by atoms with Gasteiger partial charge < -0.3 is 9.88 Å². The maximum absolute atomic E-state index is 13.7. The zero-order valence-corrected chi connectivity index (χ0v) is 14.8. The van der Waals surface area contributed by atoms with Crippen LogP contribution in [0.25, 0.3) is 0 Å². The molecule has 0 atom stereocenters. The van der Waals surface area contributed by atoms with Crippen LogP contribution in [0.3, 0.4) is 0 Å². The van der Waals surface area contributed by atoms with Gasteiger partial charge in [0.15, 0.2) is 4.80 Å². The number of anilines is 1. The smallest absolute Gasteiger partial charge is 0.230 e. The van der Waals surface area contributed by atoms with Crippen molar-refractivity contribution in [2.45, 2.75) is 6.42 Å². The van der Waals surface area contributed by atoms with Gasteiger partial charge in [0.25, 0.3) is 0 Å². The molecule has 0 bridgehead atoms. The van der Waals surface area contributed by atoms with E-state index in [-0.39, 0.29) is 23.8 Å². The summed E-state index contributed by atoms with van der Waals surface area (Å²) in [4.78, 5) is 17.2. The number of para-hydroxylation sites is 1. The van der Waals surface area contributed by atoms with Crippen molar-refractivity contribution in [2.24, 2.45) is 12.0 Å². The predicted molar refractivity (Wildman–Crippen MR) is 98.4 cm³/mol. The van der Waals surface area contributed by atoms with Crippen molar-refractivity contribution in [3.63, 3.8) is 0 Å². The summed E-state index contributed by atoms with van der Waals surface area (Å²) in [6, 6.07) is 15.0. The maximum Gasteiger partial charge on any atom is 0.230 e. The SMILES string of the molecule is Cn1c(CC(=O)Nc2ccc(C#N)cc2)csc1=Nc1ccccc1F. The van der Waals surface area contributed by atoms with Gasteiger partial charge in [0.1, 0.15) is 11.5 Å². The zero-order chi connectivity index (χ0) is 18.5. The first-order valence-corrected chi connectivity index (χ1v) is 8.67. The van der Waals surface area contributed by atoms with Crippen LogP contribution in [-0.2, 0) is 18.3 Å². The van der Waals surface area contributed by atoms with Gasteiger partial charge in [-0.05, 0) is 36.4 Å². The third-order valence-corrected chi connectivity index (χ3v) is 4.69. The Hall–Kier alpha value is -3.24. The Kier molecular flexibility index (Phi) is 5.25. The highest BCUT2D eigenvalue weighted by molar-refractivity contribution is 7.07. The number of carbonyl (C=O) groups is 1. The van der Waals surface area contributed by atoms with Crippen LogP contribution in [0.1, 0.15) is 11.3 Å². The first-order valence-electron chi connectivity index (χ1n) is 7.79. The molecule has 0 aliphatic heterocycles. The Morgan fingerprint density at radius 1 is 1.27 bits per heavy atom. The van der Waals surface area contributed by atoms with E-state index in [0.717, 1.165) is 5.69 Å². The first kappa shape index (κ1) is 17.6. The second-order valence-corrected chi connectivity index (χ2v) is 6.38. The molecule has 0 saturated carbocycles. The minimum absolute atomic E-state index is 0.166. The van der Waals surface area contributed by atoms with E-state index in [4.69, 9.17) is 5.26 Å². The highest BCUT2D eigenvalue weighted by Crippen LogP contribution is 2.16. The standard InChI is InChI=1S/C19H15FN4OS/c1-24-15(10-18(25)22-14-8-6-13(11-21)7-9-14)12-26-19(24)23-17-5-3-2-4-16(17)20/h2-9,12H,10H2,1H3,(H,22,25). The Bertz CT molecular complexity index is 1040. The van der Waals surface area contributed by atoms with E-state index < -0.39 is 0 Å². The molecule has 1 heterocycles. The number of hydrogen-bond donors (Lipinski definition) is 1. The summed E-state index contributed by atoms with van der Waals surface area (Å²) in [6.45, 7) is 0. The van der Waals surface area contributed by atoms with Crippen molar-refractivity contribution in [1.29, 1.82) is 5.26 Å². The number of hydrogen-bond acceptors (Lipinski definition) is 4. The fourth-order valence-corrected chi connectivity index (χ4v) is 3.22. The van der Waals surface area contributed by atoms with Crippen LogP contribution < -0.4 is 10.1 Å². The Balaban J connectivity index is 1.74. The molecule has 5 nitrogen and oxygen atoms in total. The lowest BCUT2D eigenvalue weighted by molar-refractivity contribution is -0.115. The molecule has 0 aliphatic rings. The van der Waals surface area contributed by atoms with Crippen LogP contribution in [0.4, 0.5) is 15.8 Å². The third-order valence-electron chi connectivity index (χ3n) is 3.73. The predicted octanol–water partition coefficient (Wildman–Crippen LogP) is 3.51. The topological polar surface area (TPSA) is 70.2 Å². The summed E-state index contributed by atoms with van der Waals surface area (Å²) in [5.41, 5.74) is 2.20. The molecule has 130 valence electrons. The van der Waals surface area contributed by atoms with Crippen LogP contribution in [0, 0.1) is 17.1 Å². The number of thiazole rings is 1. The summed E-state index contributed by atoms with van der Waals surface area (Å²) in [7, 11) is 1.79. The van der Waals surface area contributed by atoms with Gasteiger partial charge in [-0.1, -0.05) is 12.1 Å². The highest BCUT2D eigenvalue weighted by Gasteiger charge is 2.09. The second-order valence-electron chi connectivity index (χ2n) is 5.55. The fourth-order valence-electron chi connectivity index (χ4n) is 2.31. The summed E-state index contributed by atoms with van der Waals surface area (Å²) in [6.07, 6.45) is 0.166. The van der Waals surface area contributed by atoms with Crippen molar-refractivity contribution in [3.8, 4) is 6.07 Å². The number of carbonyl (C=O) groups excluding carboxylic acids is 1. The van der Waals surface area contributed by atoms with Gasteiger partial charge in [0.2, 0.25) is 5.91 Å². The largest absolute Gasteiger partial charge is 0.326 e. The fraction of sp³-hybridized carbons (Fsp3) is 0.105. The van der Waals surface area contributed by atoms with Crippen LogP contribution in [0.5, 0.6) is 0 Å². The molecule has 1 amide bonds. The van der Waals surface area contributed by atoms with Crippen LogP contribution in [0.2, 0.25) is 0 Å². The lowest BCUT2D eigenvalue weighted by Crippen LogP contribution is -2.19. The molecule has 0 spiro atoms. The van der Waals surface area contributed by atoms with Crippen molar-refractivity contribution in [1.82, 2.24) is 4.57 Å². The van der Waals surface area contributed by atoms with E-state index in [1.165, 1.54) is 17.4 Å². The molecule has 26 heavy (non-hydrogen) atoms. The lowest BCUT2D eigenvalue weighted by atomic mass is 10.2. The molecular formula is C19H15FN4OS. The third kappa shape index (κ3) is 4.05. The summed E-state index contributed by atoms with van der Waals surface area (Å²) in [5, 5.41) is 13.4. The van der Waals surface area contributed by atoms with Crippen LogP contribution in [-0.4, -0.2) is 10.5 Å². The average Bonchev–Trinajstić information content (AvgIpc) is 2.97. The molecule has 0 radical (unpaired) electrons. The monoisotopic (exact) mass is 366 g/mol. The van der Waals surface area contributed by atoms with Gasteiger partial charge in [0, 0.05) is 23.8 Å². The number of aromatic nitrogens is 1. The number of nitrogens with zero attached hydrogens (tertiary/aromatic N) is 3. The molecule has 0 aliphatic carbocycles. The molecular weight excluding hydrogens is 351 g/mol. The molecule has 1 aromatic heterocycles. The summed E-state index contributed by atoms with van der Waals surface area (Å²) >= 11 is 1.35. The highest BCUT2D eigenvalue weighted by atomic mass is 32.1. The van der Waals surface area contributed by atoms with E-state index in [1.807, 2.05) is 11.4 Å². The minimum Gasteiger partial charge on any atom is -0.326 e. The van der Waals surface area contributed by atoms with E-state index in [2.05, 4.69) is 10.3 Å². The van der Waals surface area contributed by atoms with Crippen molar-refractivity contribution in [3.05, 3.63) is 75.8 Å². The summed E-state index contributed by atoms with van der Waals surface area (Å²) < 4.78 is 15.5. The van der Waals surface area contributed by atoms with Crippen LogP contribution >= 0.6 is 11.3 Å². The number of halogens is 1. The zero-order valence-electron chi connectivity index (χ0n) is 13.9. The maximum atomic E-state index is 13.7. The number of amides is 1. The number of nitriles is 1. The van der Waals surface area contributed by atoms with Gasteiger partial charge in [-0.25, -0.2) is 9.38 Å². The Morgan fingerprint density at radius 2 is 2.00 bits per heavy atom. The molecule has 3 rings (SSSR count). The second kappa shape index (κ2) is 7.76. The molecule has 1 N–H and O–H groups in total. The van der Waals surface area contributed by atoms with Crippen LogP contribution in [0.15, 0.2) is 58.9 Å². The van der Waals surface area contributed by atoms with Gasteiger partial charge in [0.05, 0.1) is 18.1 Å². The molecule has 0 fully saturated rings. The minimum atomic E-state index is -0.388. The molecule has 2 aromatic carbocycles. The van der Waals surface area contributed by atoms with Gasteiger partial charge in [-0.15, -0.1) is 11.3 Å².